The largest absolute Gasteiger partial charge is 0.298 e. The fourth-order valence-electron chi connectivity index (χ4n) is 5.68. The van der Waals surface area contributed by atoms with Gasteiger partial charge in [-0.15, -0.1) is 23.5 Å². The molecule has 0 saturated heterocycles. The highest BCUT2D eigenvalue weighted by Gasteiger charge is 2.59. The third kappa shape index (κ3) is 2.97. The van der Waals surface area contributed by atoms with Crippen molar-refractivity contribution in [3.63, 3.8) is 0 Å². The van der Waals surface area contributed by atoms with Crippen LogP contribution >= 0.6 is 23.5 Å². The van der Waals surface area contributed by atoms with Gasteiger partial charge in [0.1, 0.15) is 12.6 Å². The van der Waals surface area contributed by atoms with E-state index in [-0.39, 0.29) is 9.49 Å². The lowest BCUT2D eigenvalue weighted by molar-refractivity contribution is 0.111. The Kier molecular flexibility index (Phi) is 4.76. The molecule has 1 saturated carbocycles. The van der Waals surface area contributed by atoms with Gasteiger partial charge in [-0.1, -0.05) is 48.5 Å². The summed E-state index contributed by atoms with van der Waals surface area (Å²) in [5.41, 5.74) is 9.85. The second-order valence-electron chi connectivity index (χ2n) is 9.41. The van der Waals surface area contributed by atoms with E-state index in [0.717, 1.165) is 25.4 Å². The van der Waals surface area contributed by atoms with E-state index in [4.69, 9.17) is 0 Å². The van der Waals surface area contributed by atoms with Gasteiger partial charge in [0.05, 0.1) is 9.49 Å². The van der Waals surface area contributed by atoms with Gasteiger partial charge < -0.3 is 0 Å². The van der Waals surface area contributed by atoms with Gasteiger partial charge in [0.15, 0.2) is 0 Å². The number of carbonyl (C=O) groups is 2. The van der Waals surface area contributed by atoms with E-state index in [1.165, 1.54) is 38.5 Å². The van der Waals surface area contributed by atoms with Crippen LogP contribution in [0.1, 0.15) is 65.0 Å². The summed E-state index contributed by atoms with van der Waals surface area (Å²) in [4.78, 5) is 24.8. The average Bonchev–Trinajstić information content (AvgIpc) is 3.55. The highest BCUT2D eigenvalue weighted by Crippen LogP contribution is 2.70. The Morgan fingerprint density at radius 1 is 0.667 bits per heavy atom. The Balaban J connectivity index is 1.45. The molecular formula is C29H24O2S2. The highest BCUT2D eigenvalue weighted by atomic mass is 32.2. The molecule has 33 heavy (non-hydrogen) atoms. The van der Waals surface area contributed by atoms with Crippen LogP contribution in [0, 0.1) is 0 Å². The van der Waals surface area contributed by atoms with E-state index in [9.17, 15) is 9.59 Å². The molecule has 2 aliphatic heterocycles. The molecule has 4 heteroatoms. The predicted octanol–water partition coefficient (Wildman–Crippen LogP) is 7.50. The molecule has 2 aliphatic carbocycles. The Bertz CT molecular complexity index is 1220. The molecule has 0 spiro atoms. The first-order valence-electron chi connectivity index (χ1n) is 11.4. The van der Waals surface area contributed by atoms with Crippen molar-refractivity contribution in [2.45, 2.75) is 42.6 Å². The van der Waals surface area contributed by atoms with Crippen molar-refractivity contribution in [1.82, 2.24) is 0 Å². The molecule has 0 amide bonds. The molecule has 2 aromatic rings. The van der Waals surface area contributed by atoms with E-state index < -0.39 is 0 Å². The van der Waals surface area contributed by atoms with E-state index in [0.29, 0.717) is 11.1 Å². The maximum Gasteiger partial charge on any atom is 0.150 e. The standard InChI is InChI=1S/C29H24O2S2/c1-28-24(14-26(32-28)20-10-6-18(16-30)7-11-20)22-4-3-5-23(22)25-15-27(33-29(25,28)2)21-12-8-19(17-31)9-13-21/h6-17H,3-5H2,1-2H3. The lowest BCUT2D eigenvalue weighted by Gasteiger charge is -2.47. The van der Waals surface area contributed by atoms with Crippen molar-refractivity contribution in [3.8, 4) is 0 Å². The first-order chi connectivity index (χ1) is 16.0. The molecule has 2 atom stereocenters. The summed E-state index contributed by atoms with van der Waals surface area (Å²) in [6.07, 6.45) is 10.1. The summed E-state index contributed by atoms with van der Waals surface area (Å²) in [7, 11) is 0. The minimum absolute atomic E-state index is 0.0736. The lowest BCUT2D eigenvalue weighted by Crippen LogP contribution is -2.47. The molecule has 4 aliphatic rings. The number of allylic oxidation sites excluding steroid dienone is 4. The molecule has 0 radical (unpaired) electrons. The SMILES string of the molecule is CC12SC(c3ccc(C=O)cc3)=CC1=C1CCCC1=C1C=C(c3ccc(C=O)cc3)SC12C. The first kappa shape index (κ1) is 21.0. The van der Waals surface area contributed by atoms with Gasteiger partial charge >= 0.3 is 0 Å². The van der Waals surface area contributed by atoms with Gasteiger partial charge in [0.2, 0.25) is 0 Å². The van der Waals surface area contributed by atoms with Crippen molar-refractivity contribution in [2.75, 3.05) is 0 Å². The number of hydrogen-bond donors (Lipinski definition) is 0. The first-order valence-corrected chi connectivity index (χ1v) is 13.0. The number of hydrogen-bond acceptors (Lipinski definition) is 4. The monoisotopic (exact) mass is 468 g/mol. The van der Waals surface area contributed by atoms with Crippen LogP contribution in [0.5, 0.6) is 0 Å². The number of aldehydes is 2. The second kappa shape index (κ2) is 7.48. The molecule has 0 N–H and O–H groups in total. The molecule has 0 bridgehead atoms. The van der Waals surface area contributed by atoms with Crippen LogP contribution in [0.2, 0.25) is 0 Å². The van der Waals surface area contributed by atoms with Gasteiger partial charge in [-0.25, -0.2) is 0 Å². The van der Waals surface area contributed by atoms with Crippen molar-refractivity contribution < 1.29 is 9.59 Å². The maximum absolute atomic E-state index is 11.1. The molecule has 0 aromatic heterocycles. The van der Waals surface area contributed by atoms with Gasteiger partial charge in [-0.2, -0.15) is 0 Å². The van der Waals surface area contributed by atoms with Crippen LogP contribution in [0.4, 0.5) is 0 Å². The van der Waals surface area contributed by atoms with Crippen molar-refractivity contribution in [2.24, 2.45) is 0 Å². The average molecular weight is 469 g/mol. The fraction of sp³-hybridized carbons (Fsp3) is 0.241. The van der Waals surface area contributed by atoms with Crippen LogP contribution in [0.3, 0.4) is 0 Å². The number of rotatable bonds is 4. The predicted molar refractivity (Wildman–Crippen MR) is 140 cm³/mol. The Morgan fingerprint density at radius 2 is 1.06 bits per heavy atom. The highest BCUT2D eigenvalue weighted by molar-refractivity contribution is 8.14. The summed E-state index contributed by atoms with van der Waals surface area (Å²) in [5, 5.41) is 0. The zero-order chi connectivity index (χ0) is 22.8. The number of thioether (sulfide) groups is 2. The summed E-state index contributed by atoms with van der Waals surface area (Å²) in [5.74, 6) is 0. The zero-order valence-electron chi connectivity index (χ0n) is 18.7. The van der Waals surface area contributed by atoms with E-state index in [1.807, 2.05) is 47.8 Å². The lowest BCUT2D eigenvalue weighted by atomic mass is 9.72. The van der Waals surface area contributed by atoms with Crippen molar-refractivity contribution in [1.29, 1.82) is 0 Å². The quantitative estimate of drug-likeness (QED) is 0.435. The van der Waals surface area contributed by atoms with Crippen molar-refractivity contribution in [3.05, 3.63) is 105 Å². The minimum atomic E-state index is -0.0736. The number of benzene rings is 2. The molecular weight excluding hydrogens is 444 g/mol. The molecule has 2 nitrogen and oxygen atoms in total. The fourth-order valence-corrected chi connectivity index (χ4v) is 8.86. The van der Waals surface area contributed by atoms with Gasteiger partial charge in [0, 0.05) is 20.9 Å². The van der Waals surface area contributed by atoms with Crippen LogP contribution in [0.25, 0.3) is 9.81 Å². The minimum Gasteiger partial charge on any atom is -0.298 e. The van der Waals surface area contributed by atoms with Crippen molar-refractivity contribution >= 4 is 45.9 Å². The van der Waals surface area contributed by atoms with Gasteiger partial charge in [0.25, 0.3) is 0 Å². The van der Waals surface area contributed by atoms with Crippen LogP contribution in [-0.2, 0) is 0 Å². The second-order valence-corrected chi connectivity index (χ2v) is 12.3. The van der Waals surface area contributed by atoms with Gasteiger partial charge in [-0.3, -0.25) is 9.59 Å². The normalized spacial score (nSPS) is 27.7. The Morgan fingerprint density at radius 3 is 1.42 bits per heavy atom. The van der Waals surface area contributed by atoms with E-state index in [1.54, 1.807) is 11.1 Å². The molecule has 1 fully saturated rings. The van der Waals surface area contributed by atoms with Crippen LogP contribution < -0.4 is 0 Å². The smallest absolute Gasteiger partial charge is 0.150 e. The molecule has 2 heterocycles. The third-order valence-electron chi connectivity index (χ3n) is 7.65. The Labute approximate surface area is 202 Å². The summed E-state index contributed by atoms with van der Waals surface area (Å²) in [6.45, 7) is 4.83. The van der Waals surface area contributed by atoms with E-state index >= 15 is 0 Å². The van der Waals surface area contributed by atoms with Crippen LogP contribution in [0.15, 0.2) is 83.0 Å². The molecule has 2 unspecified atom stereocenters. The van der Waals surface area contributed by atoms with Gasteiger partial charge in [-0.05, 0) is 78.7 Å². The molecule has 6 rings (SSSR count). The summed E-state index contributed by atoms with van der Waals surface area (Å²) < 4.78 is -0.147. The summed E-state index contributed by atoms with van der Waals surface area (Å²) >= 11 is 3.94. The van der Waals surface area contributed by atoms with Crippen LogP contribution in [-0.4, -0.2) is 22.1 Å². The van der Waals surface area contributed by atoms with E-state index in [2.05, 4.69) is 50.3 Å². The Hall–Kier alpha value is -2.56. The zero-order valence-corrected chi connectivity index (χ0v) is 20.3. The third-order valence-corrected chi connectivity index (χ3v) is 11.0. The summed E-state index contributed by atoms with van der Waals surface area (Å²) in [6, 6.07) is 15.9. The topological polar surface area (TPSA) is 34.1 Å². The number of carbonyl (C=O) groups excluding carboxylic acids is 2. The maximum atomic E-state index is 11.1. The number of fused-ring (bicyclic) bond motifs is 4. The molecule has 164 valence electrons. The molecule has 2 aromatic carbocycles.